The summed E-state index contributed by atoms with van der Waals surface area (Å²) in [5, 5.41) is 13.3. The molecular formula is C13H13ClF6N2O2. The van der Waals surface area contributed by atoms with Gasteiger partial charge >= 0.3 is 18.4 Å². The lowest BCUT2D eigenvalue weighted by atomic mass is 9.90. The van der Waals surface area contributed by atoms with Crippen LogP contribution in [-0.2, 0) is 5.60 Å². The number of carbonyl (C=O) groups is 1. The fourth-order valence-corrected chi connectivity index (χ4v) is 2.23. The number of aryl methyl sites for hydroxylation is 1. The maximum atomic E-state index is 12.9. The van der Waals surface area contributed by atoms with E-state index in [4.69, 9.17) is 11.6 Å². The highest BCUT2D eigenvalue weighted by Gasteiger charge is 2.71. The number of amides is 2. The second-order valence-corrected chi connectivity index (χ2v) is 5.25. The van der Waals surface area contributed by atoms with Crippen molar-refractivity contribution in [2.45, 2.75) is 31.8 Å². The largest absolute Gasteiger partial charge is 0.430 e. The Morgan fingerprint density at radius 3 is 2.04 bits per heavy atom. The van der Waals surface area contributed by atoms with Crippen LogP contribution in [0.1, 0.15) is 18.1 Å². The van der Waals surface area contributed by atoms with Crippen LogP contribution in [-0.4, -0.2) is 30.0 Å². The Hall–Kier alpha value is -1.68. The second kappa shape index (κ2) is 6.67. The molecule has 0 fully saturated rings. The van der Waals surface area contributed by atoms with Gasteiger partial charge in [0.15, 0.2) is 0 Å². The van der Waals surface area contributed by atoms with E-state index in [0.717, 1.165) is 6.92 Å². The summed E-state index contributed by atoms with van der Waals surface area (Å²) in [6, 6.07) is 0.0445. The molecule has 0 spiro atoms. The van der Waals surface area contributed by atoms with Crippen molar-refractivity contribution < 1.29 is 36.2 Å². The maximum absolute atomic E-state index is 12.9. The zero-order valence-electron chi connectivity index (χ0n) is 12.4. The van der Waals surface area contributed by atoms with Gasteiger partial charge in [0.2, 0.25) is 0 Å². The summed E-state index contributed by atoms with van der Waals surface area (Å²) in [5.74, 6) is 0. The third-order valence-electron chi connectivity index (χ3n) is 3.10. The standard InChI is InChI=1S/C13H13ClF6N2O2/c1-3-21-10(23)22-9-6(2)4-7(5-8(9)14)11(24,12(15,16)17)13(18,19)20/h4-5,24H,3H2,1-2H3,(H2,21,22,23). The van der Waals surface area contributed by atoms with E-state index < -0.39 is 34.6 Å². The van der Waals surface area contributed by atoms with Crippen molar-refractivity contribution >= 4 is 23.3 Å². The lowest BCUT2D eigenvalue weighted by Gasteiger charge is -2.33. The molecule has 0 aliphatic rings. The van der Waals surface area contributed by atoms with E-state index in [1.165, 1.54) is 0 Å². The maximum Gasteiger partial charge on any atom is 0.430 e. The van der Waals surface area contributed by atoms with E-state index in [0.29, 0.717) is 12.1 Å². The number of anilines is 1. The van der Waals surface area contributed by atoms with Gasteiger partial charge in [-0.05, 0) is 25.5 Å². The van der Waals surface area contributed by atoms with E-state index in [9.17, 15) is 36.2 Å². The molecule has 0 saturated heterocycles. The Labute approximate surface area is 137 Å². The molecule has 0 bridgehead atoms. The van der Waals surface area contributed by atoms with Crippen LogP contribution in [0.25, 0.3) is 0 Å². The lowest BCUT2D eigenvalue weighted by Crippen LogP contribution is -2.54. The van der Waals surface area contributed by atoms with Crippen molar-refractivity contribution in [3.63, 3.8) is 0 Å². The lowest BCUT2D eigenvalue weighted by molar-refractivity contribution is -0.376. The number of carbonyl (C=O) groups excluding carboxylic acids is 1. The molecule has 136 valence electrons. The second-order valence-electron chi connectivity index (χ2n) is 4.84. The topological polar surface area (TPSA) is 61.4 Å². The highest BCUT2D eigenvalue weighted by molar-refractivity contribution is 6.34. The molecule has 2 amide bonds. The van der Waals surface area contributed by atoms with Gasteiger partial charge in [0.25, 0.3) is 5.60 Å². The Morgan fingerprint density at radius 1 is 1.17 bits per heavy atom. The summed E-state index contributed by atoms with van der Waals surface area (Å²) in [6.45, 7) is 2.98. The SMILES string of the molecule is CCNC(=O)Nc1c(C)cc(C(O)(C(F)(F)F)C(F)(F)F)cc1Cl. The van der Waals surface area contributed by atoms with Crippen LogP contribution in [0.5, 0.6) is 0 Å². The van der Waals surface area contributed by atoms with Crippen molar-refractivity contribution in [1.82, 2.24) is 5.32 Å². The van der Waals surface area contributed by atoms with Gasteiger partial charge in [-0.2, -0.15) is 26.3 Å². The number of rotatable bonds is 3. The number of alkyl halides is 6. The van der Waals surface area contributed by atoms with E-state index in [-0.39, 0.29) is 17.8 Å². The average molecular weight is 379 g/mol. The first-order valence-corrected chi connectivity index (χ1v) is 6.84. The third-order valence-corrected chi connectivity index (χ3v) is 3.40. The number of hydrogen-bond acceptors (Lipinski definition) is 2. The molecule has 0 radical (unpaired) electrons. The number of urea groups is 1. The predicted octanol–water partition coefficient (Wildman–Crippen LogP) is 4.10. The van der Waals surface area contributed by atoms with Crippen molar-refractivity contribution in [1.29, 1.82) is 0 Å². The first kappa shape index (κ1) is 20.4. The average Bonchev–Trinajstić information content (AvgIpc) is 2.39. The molecule has 11 heteroatoms. The van der Waals surface area contributed by atoms with Crippen LogP contribution < -0.4 is 10.6 Å². The first-order chi connectivity index (χ1) is 10.8. The molecule has 0 aromatic heterocycles. The molecule has 1 rings (SSSR count). The van der Waals surface area contributed by atoms with Crippen LogP contribution in [0.2, 0.25) is 5.02 Å². The monoisotopic (exact) mass is 378 g/mol. The van der Waals surface area contributed by atoms with E-state index in [2.05, 4.69) is 10.6 Å². The van der Waals surface area contributed by atoms with Crippen LogP contribution in [0.4, 0.5) is 36.8 Å². The third kappa shape index (κ3) is 3.69. The van der Waals surface area contributed by atoms with Crippen LogP contribution in [0.15, 0.2) is 12.1 Å². The zero-order valence-corrected chi connectivity index (χ0v) is 13.1. The highest BCUT2D eigenvalue weighted by Crippen LogP contribution is 2.51. The Kier molecular flexibility index (Phi) is 5.66. The van der Waals surface area contributed by atoms with Gasteiger partial charge in [-0.25, -0.2) is 4.79 Å². The molecule has 0 aliphatic heterocycles. The van der Waals surface area contributed by atoms with Gasteiger partial charge in [-0.15, -0.1) is 0 Å². The number of benzene rings is 1. The molecule has 1 aromatic rings. The quantitative estimate of drug-likeness (QED) is 0.693. The fraction of sp³-hybridized carbons (Fsp3) is 0.462. The Bertz CT molecular complexity index is 593. The fourth-order valence-electron chi connectivity index (χ4n) is 1.92. The van der Waals surface area contributed by atoms with E-state index in [1.54, 1.807) is 6.92 Å². The van der Waals surface area contributed by atoms with Crippen LogP contribution in [0, 0.1) is 6.92 Å². The zero-order chi connectivity index (χ0) is 18.9. The molecule has 0 atom stereocenters. The molecule has 0 saturated carbocycles. The van der Waals surface area contributed by atoms with Crippen molar-refractivity contribution in [2.75, 3.05) is 11.9 Å². The summed E-state index contributed by atoms with van der Waals surface area (Å²) >= 11 is 5.70. The number of nitrogens with one attached hydrogen (secondary N) is 2. The number of hydrogen-bond donors (Lipinski definition) is 3. The number of aliphatic hydroxyl groups is 1. The summed E-state index contributed by atoms with van der Waals surface area (Å²) in [6.07, 6.45) is -12.0. The smallest absolute Gasteiger partial charge is 0.369 e. The molecule has 24 heavy (non-hydrogen) atoms. The summed E-state index contributed by atoms with van der Waals surface area (Å²) in [5.41, 5.74) is -6.93. The van der Waals surface area contributed by atoms with E-state index >= 15 is 0 Å². The van der Waals surface area contributed by atoms with Crippen molar-refractivity contribution in [2.24, 2.45) is 0 Å². The van der Waals surface area contributed by atoms with Gasteiger partial charge in [-0.1, -0.05) is 17.7 Å². The molecule has 1 aromatic carbocycles. The summed E-state index contributed by atoms with van der Waals surface area (Å²) in [7, 11) is 0. The normalized spacial score (nSPS) is 12.9. The Balaban J connectivity index is 3.44. The van der Waals surface area contributed by atoms with Gasteiger partial charge < -0.3 is 15.7 Å². The van der Waals surface area contributed by atoms with Crippen molar-refractivity contribution in [3.8, 4) is 0 Å². The predicted molar refractivity (Wildman–Crippen MR) is 74.9 cm³/mol. The number of halogens is 7. The highest BCUT2D eigenvalue weighted by atomic mass is 35.5. The first-order valence-electron chi connectivity index (χ1n) is 6.47. The molecule has 0 aliphatic carbocycles. The minimum atomic E-state index is -6.02. The molecule has 4 nitrogen and oxygen atoms in total. The minimum absolute atomic E-state index is 0.168. The van der Waals surface area contributed by atoms with E-state index in [1.807, 2.05) is 0 Å². The van der Waals surface area contributed by atoms with Gasteiger partial charge in [0, 0.05) is 12.1 Å². The van der Waals surface area contributed by atoms with Gasteiger partial charge in [0.05, 0.1) is 10.7 Å². The van der Waals surface area contributed by atoms with Crippen molar-refractivity contribution in [3.05, 3.63) is 28.3 Å². The van der Waals surface area contributed by atoms with Gasteiger partial charge in [0.1, 0.15) is 0 Å². The van der Waals surface area contributed by atoms with Crippen LogP contribution in [0.3, 0.4) is 0 Å². The molecule has 0 unspecified atom stereocenters. The van der Waals surface area contributed by atoms with Gasteiger partial charge in [-0.3, -0.25) is 0 Å². The minimum Gasteiger partial charge on any atom is -0.369 e. The summed E-state index contributed by atoms with van der Waals surface area (Å²) < 4.78 is 77.2. The summed E-state index contributed by atoms with van der Waals surface area (Å²) in [4.78, 5) is 11.4. The molecular weight excluding hydrogens is 366 g/mol. The molecule has 3 N–H and O–H groups in total. The molecule has 0 heterocycles. The Morgan fingerprint density at radius 2 is 1.67 bits per heavy atom. The van der Waals surface area contributed by atoms with Crippen LogP contribution >= 0.6 is 11.6 Å².